The highest BCUT2D eigenvalue weighted by Gasteiger charge is 2.06. The molecule has 0 saturated carbocycles. The molecule has 1 aromatic rings. The van der Waals surface area contributed by atoms with Crippen molar-refractivity contribution < 1.29 is 0 Å². The number of aromatic nitrogens is 2. The second-order valence-electron chi connectivity index (χ2n) is 5.57. The molecule has 0 amide bonds. The van der Waals surface area contributed by atoms with Crippen molar-refractivity contribution in [2.24, 2.45) is 13.0 Å². The molecule has 0 aliphatic rings. The van der Waals surface area contributed by atoms with Crippen molar-refractivity contribution in [3.05, 3.63) is 11.9 Å². The Balaban J connectivity index is 2.23. The minimum Gasteiger partial charge on any atom is -0.348 e. The molecule has 0 aliphatic heterocycles. The van der Waals surface area contributed by atoms with E-state index >= 15 is 0 Å². The fourth-order valence-corrected chi connectivity index (χ4v) is 2.03. The zero-order valence-corrected chi connectivity index (χ0v) is 12.5. The summed E-state index contributed by atoms with van der Waals surface area (Å²) in [6, 6.07) is 0. The first-order valence-corrected chi connectivity index (χ1v) is 6.91. The standard InChI is InChI=1S/C14H28N4/c1-12(2)8-6-7-9-15-10-13-11-16-14(17(3)4)18(13)5/h11-12,15H,6-10H2,1-5H3. The molecule has 4 heteroatoms. The van der Waals surface area contributed by atoms with Crippen molar-refractivity contribution in [3.8, 4) is 0 Å². The van der Waals surface area contributed by atoms with Crippen LogP contribution in [0.3, 0.4) is 0 Å². The second-order valence-corrected chi connectivity index (χ2v) is 5.57. The predicted octanol–water partition coefficient (Wildman–Crippen LogP) is 2.40. The molecule has 1 rings (SSSR count). The molecule has 4 nitrogen and oxygen atoms in total. The van der Waals surface area contributed by atoms with Crippen LogP contribution in [0.4, 0.5) is 5.95 Å². The maximum atomic E-state index is 4.40. The van der Waals surface area contributed by atoms with E-state index in [9.17, 15) is 0 Å². The summed E-state index contributed by atoms with van der Waals surface area (Å²) in [5.74, 6) is 1.83. The summed E-state index contributed by atoms with van der Waals surface area (Å²) in [6.07, 6.45) is 5.87. The van der Waals surface area contributed by atoms with Gasteiger partial charge in [-0.2, -0.15) is 0 Å². The lowest BCUT2D eigenvalue weighted by Gasteiger charge is -2.13. The molecule has 1 aromatic heterocycles. The van der Waals surface area contributed by atoms with Gasteiger partial charge in [-0.25, -0.2) is 4.98 Å². The second kappa shape index (κ2) is 7.41. The van der Waals surface area contributed by atoms with Gasteiger partial charge in [0.2, 0.25) is 5.95 Å². The Labute approximate surface area is 111 Å². The lowest BCUT2D eigenvalue weighted by Crippen LogP contribution is -2.19. The Morgan fingerprint density at radius 3 is 2.61 bits per heavy atom. The van der Waals surface area contributed by atoms with Gasteiger partial charge in [-0.1, -0.05) is 26.7 Å². The first kappa shape index (κ1) is 15.0. The normalized spacial score (nSPS) is 11.2. The zero-order chi connectivity index (χ0) is 13.5. The van der Waals surface area contributed by atoms with E-state index in [0.717, 1.165) is 25.0 Å². The minimum atomic E-state index is 0.824. The highest BCUT2D eigenvalue weighted by atomic mass is 15.3. The molecule has 1 N–H and O–H groups in total. The van der Waals surface area contributed by atoms with E-state index in [2.05, 4.69) is 35.8 Å². The van der Waals surface area contributed by atoms with Crippen LogP contribution < -0.4 is 10.2 Å². The molecule has 0 aliphatic carbocycles. The monoisotopic (exact) mass is 252 g/mol. The van der Waals surface area contributed by atoms with E-state index < -0.39 is 0 Å². The topological polar surface area (TPSA) is 33.1 Å². The first-order chi connectivity index (χ1) is 8.52. The van der Waals surface area contributed by atoms with Crippen LogP contribution in [0.5, 0.6) is 0 Å². The first-order valence-electron chi connectivity index (χ1n) is 6.91. The largest absolute Gasteiger partial charge is 0.348 e. The van der Waals surface area contributed by atoms with Crippen molar-refractivity contribution >= 4 is 5.95 Å². The smallest absolute Gasteiger partial charge is 0.204 e. The number of imidazole rings is 1. The van der Waals surface area contributed by atoms with E-state index in [1.807, 2.05) is 25.2 Å². The Bertz CT molecular complexity index is 342. The van der Waals surface area contributed by atoms with Gasteiger partial charge in [0.05, 0.1) is 11.9 Å². The quantitative estimate of drug-likeness (QED) is 0.721. The summed E-state index contributed by atoms with van der Waals surface area (Å²) < 4.78 is 2.14. The third kappa shape index (κ3) is 4.69. The van der Waals surface area contributed by atoms with Crippen LogP contribution in [0.15, 0.2) is 6.20 Å². The van der Waals surface area contributed by atoms with Crippen LogP contribution in [-0.2, 0) is 13.6 Å². The van der Waals surface area contributed by atoms with Crippen LogP contribution in [0.2, 0.25) is 0 Å². The fraction of sp³-hybridized carbons (Fsp3) is 0.786. The summed E-state index contributed by atoms with van der Waals surface area (Å²) in [6.45, 7) is 6.56. The molecule has 0 spiro atoms. The number of anilines is 1. The summed E-state index contributed by atoms with van der Waals surface area (Å²) in [5, 5.41) is 3.49. The highest BCUT2D eigenvalue weighted by Crippen LogP contribution is 2.10. The SMILES string of the molecule is CC(C)CCCCNCc1cnc(N(C)C)n1C. The van der Waals surface area contributed by atoms with Gasteiger partial charge >= 0.3 is 0 Å². The molecule has 18 heavy (non-hydrogen) atoms. The number of hydrogen-bond donors (Lipinski definition) is 1. The van der Waals surface area contributed by atoms with Crippen LogP contribution in [-0.4, -0.2) is 30.2 Å². The molecular formula is C14H28N4. The van der Waals surface area contributed by atoms with E-state index in [-0.39, 0.29) is 0 Å². The van der Waals surface area contributed by atoms with Gasteiger partial charge < -0.3 is 14.8 Å². The minimum absolute atomic E-state index is 0.824. The van der Waals surface area contributed by atoms with Crippen LogP contribution >= 0.6 is 0 Å². The van der Waals surface area contributed by atoms with Crippen molar-refractivity contribution in [1.29, 1.82) is 0 Å². The maximum Gasteiger partial charge on any atom is 0.204 e. The van der Waals surface area contributed by atoms with Crippen LogP contribution in [0, 0.1) is 5.92 Å². The van der Waals surface area contributed by atoms with Gasteiger partial charge in [-0.15, -0.1) is 0 Å². The fourth-order valence-electron chi connectivity index (χ4n) is 2.03. The molecule has 0 saturated heterocycles. The number of unbranched alkanes of at least 4 members (excludes halogenated alkanes) is 1. The Morgan fingerprint density at radius 1 is 1.33 bits per heavy atom. The molecule has 1 heterocycles. The maximum absolute atomic E-state index is 4.40. The third-order valence-electron chi connectivity index (χ3n) is 3.15. The molecule has 0 aromatic carbocycles. The number of hydrogen-bond acceptors (Lipinski definition) is 3. The van der Waals surface area contributed by atoms with Gasteiger partial charge in [0.25, 0.3) is 0 Å². The molecule has 104 valence electrons. The lowest BCUT2D eigenvalue weighted by atomic mass is 10.1. The Hall–Kier alpha value is -1.03. The molecular weight excluding hydrogens is 224 g/mol. The van der Waals surface area contributed by atoms with Gasteiger partial charge in [-0.3, -0.25) is 0 Å². The van der Waals surface area contributed by atoms with Crippen molar-refractivity contribution in [2.45, 2.75) is 39.7 Å². The molecule has 0 radical (unpaired) electrons. The molecule has 0 bridgehead atoms. The average Bonchev–Trinajstić information content (AvgIpc) is 2.65. The molecule has 0 atom stereocenters. The molecule has 0 fully saturated rings. The van der Waals surface area contributed by atoms with Gasteiger partial charge in [0.15, 0.2) is 0 Å². The van der Waals surface area contributed by atoms with E-state index in [1.165, 1.54) is 25.0 Å². The predicted molar refractivity (Wildman–Crippen MR) is 77.9 cm³/mol. The molecule has 0 unspecified atom stereocenters. The van der Waals surface area contributed by atoms with Gasteiger partial charge in [0, 0.05) is 27.7 Å². The van der Waals surface area contributed by atoms with Crippen molar-refractivity contribution in [3.63, 3.8) is 0 Å². The van der Waals surface area contributed by atoms with E-state index in [0.29, 0.717) is 0 Å². The Morgan fingerprint density at radius 2 is 2.06 bits per heavy atom. The Kier molecular flexibility index (Phi) is 6.19. The van der Waals surface area contributed by atoms with Crippen molar-refractivity contribution in [1.82, 2.24) is 14.9 Å². The van der Waals surface area contributed by atoms with E-state index in [1.54, 1.807) is 0 Å². The lowest BCUT2D eigenvalue weighted by molar-refractivity contribution is 0.518. The number of nitrogens with zero attached hydrogens (tertiary/aromatic N) is 3. The van der Waals surface area contributed by atoms with Crippen molar-refractivity contribution in [2.75, 3.05) is 25.5 Å². The summed E-state index contributed by atoms with van der Waals surface area (Å²) in [7, 11) is 6.11. The average molecular weight is 252 g/mol. The third-order valence-corrected chi connectivity index (χ3v) is 3.15. The number of rotatable bonds is 8. The van der Waals surface area contributed by atoms with E-state index in [4.69, 9.17) is 0 Å². The zero-order valence-electron chi connectivity index (χ0n) is 12.5. The van der Waals surface area contributed by atoms with Gasteiger partial charge in [-0.05, 0) is 18.9 Å². The highest BCUT2D eigenvalue weighted by molar-refractivity contribution is 5.30. The van der Waals surface area contributed by atoms with Crippen LogP contribution in [0.1, 0.15) is 38.8 Å². The number of nitrogens with one attached hydrogen (secondary N) is 1. The van der Waals surface area contributed by atoms with Crippen LogP contribution in [0.25, 0.3) is 0 Å². The summed E-state index contributed by atoms with van der Waals surface area (Å²) in [4.78, 5) is 6.44. The summed E-state index contributed by atoms with van der Waals surface area (Å²) >= 11 is 0. The van der Waals surface area contributed by atoms with Gasteiger partial charge in [0.1, 0.15) is 0 Å². The summed E-state index contributed by atoms with van der Waals surface area (Å²) in [5.41, 5.74) is 1.24.